The van der Waals surface area contributed by atoms with Gasteiger partial charge in [0.25, 0.3) is 0 Å². The molecule has 0 fully saturated rings. The summed E-state index contributed by atoms with van der Waals surface area (Å²) in [5.41, 5.74) is 2.44. The van der Waals surface area contributed by atoms with Crippen LogP contribution in [-0.4, -0.2) is 26.7 Å². The standard InChI is InChI=1S/C17H27NO3S/c1-13(2)10-14(8-9-19)12-18-22(20,21)17-7-6-15-4-3-5-16(15)11-17/h6-7,11,13-14,18-19H,3-5,8-10,12H2,1-2H3. The SMILES string of the molecule is CC(C)CC(CCO)CNS(=O)(=O)c1ccc2c(c1)CCC2. The molecule has 0 spiro atoms. The highest BCUT2D eigenvalue weighted by atomic mass is 32.2. The van der Waals surface area contributed by atoms with Crippen molar-refractivity contribution in [1.82, 2.24) is 4.72 Å². The lowest BCUT2D eigenvalue weighted by atomic mass is 9.95. The second-order valence-corrected chi connectivity index (χ2v) is 8.41. The lowest BCUT2D eigenvalue weighted by Gasteiger charge is -2.18. The van der Waals surface area contributed by atoms with E-state index in [9.17, 15) is 8.42 Å². The van der Waals surface area contributed by atoms with Crippen LogP contribution in [0.3, 0.4) is 0 Å². The van der Waals surface area contributed by atoms with E-state index in [-0.39, 0.29) is 12.5 Å². The molecule has 5 heteroatoms. The molecule has 22 heavy (non-hydrogen) atoms. The molecule has 1 aromatic rings. The number of hydrogen-bond acceptors (Lipinski definition) is 3. The van der Waals surface area contributed by atoms with Crippen LogP contribution in [0.5, 0.6) is 0 Å². The summed E-state index contributed by atoms with van der Waals surface area (Å²) in [5.74, 6) is 0.662. The Morgan fingerprint density at radius 1 is 1.23 bits per heavy atom. The van der Waals surface area contributed by atoms with Crippen LogP contribution in [0.4, 0.5) is 0 Å². The molecule has 1 unspecified atom stereocenters. The first-order valence-electron chi connectivity index (χ1n) is 8.14. The summed E-state index contributed by atoms with van der Waals surface area (Å²) in [6, 6.07) is 5.46. The van der Waals surface area contributed by atoms with Gasteiger partial charge in [0.2, 0.25) is 10.0 Å². The predicted molar refractivity (Wildman–Crippen MR) is 88.3 cm³/mol. The molecule has 124 valence electrons. The molecule has 1 aliphatic rings. The fourth-order valence-corrected chi connectivity index (χ4v) is 4.35. The molecule has 0 amide bonds. The van der Waals surface area contributed by atoms with E-state index in [0.29, 0.717) is 23.8 Å². The summed E-state index contributed by atoms with van der Waals surface area (Å²) in [7, 11) is -3.46. The molecule has 0 radical (unpaired) electrons. The molecular weight excluding hydrogens is 298 g/mol. The molecule has 0 aromatic heterocycles. The van der Waals surface area contributed by atoms with E-state index in [1.54, 1.807) is 6.07 Å². The van der Waals surface area contributed by atoms with E-state index < -0.39 is 10.0 Å². The average Bonchev–Trinajstić information content (AvgIpc) is 2.92. The topological polar surface area (TPSA) is 66.4 Å². The third-order valence-corrected chi connectivity index (χ3v) is 5.71. The van der Waals surface area contributed by atoms with Crippen LogP contribution in [0, 0.1) is 11.8 Å². The first-order chi connectivity index (χ1) is 10.4. The van der Waals surface area contributed by atoms with Crippen molar-refractivity contribution in [2.45, 2.75) is 50.8 Å². The van der Waals surface area contributed by atoms with Gasteiger partial charge in [-0.25, -0.2) is 13.1 Å². The number of fused-ring (bicyclic) bond motifs is 1. The van der Waals surface area contributed by atoms with Crippen molar-refractivity contribution in [2.24, 2.45) is 11.8 Å². The van der Waals surface area contributed by atoms with E-state index in [4.69, 9.17) is 5.11 Å². The number of sulfonamides is 1. The molecule has 1 aliphatic carbocycles. The summed E-state index contributed by atoms with van der Waals surface area (Å²) >= 11 is 0. The number of nitrogens with one attached hydrogen (secondary N) is 1. The smallest absolute Gasteiger partial charge is 0.240 e. The number of aliphatic hydroxyl groups excluding tert-OH is 1. The highest BCUT2D eigenvalue weighted by Crippen LogP contribution is 2.25. The first kappa shape index (κ1) is 17.4. The first-order valence-corrected chi connectivity index (χ1v) is 9.63. The number of hydrogen-bond donors (Lipinski definition) is 2. The molecule has 2 N–H and O–H groups in total. The van der Waals surface area contributed by atoms with Crippen molar-refractivity contribution in [1.29, 1.82) is 0 Å². The van der Waals surface area contributed by atoms with Gasteiger partial charge in [0, 0.05) is 13.2 Å². The van der Waals surface area contributed by atoms with Crippen molar-refractivity contribution in [3.63, 3.8) is 0 Å². The van der Waals surface area contributed by atoms with Crippen LogP contribution in [0.2, 0.25) is 0 Å². The summed E-state index contributed by atoms with van der Waals surface area (Å²) in [6.07, 6.45) is 4.67. The lowest BCUT2D eigenvalue weighted by Crippen LogP contribution is -2.30. The van der Waals surface area contributed by atoms with Crippen LogP contribution in [0.25, 0.3) is 0 Å². The normalized spacial score (nSPS) is 16.0. The molecule has 0 saturated heterocycles. The van der Waals surface area contributed by atoms with E-state index in [1.165, 1.54) is 5.56 Å². The zero-order valence-corrected chi connectivity index (χ0v) is 14.3. The number of aryl methyl sites for hydroxylation is 2. The maximum Gasteiger partial charge on any atom is 0.240 e. The Morgan fingerprint density at radius 3 is 2.64 bits per heavy atom. The Labute approximate surface area is 134 Å². The van der Waals surface area contributed by atoms with Gasteiger partial charge in [0.1, 0.15) is 0 Å². The zero-order chi connectivity index (χ0) is 16.2. The van der Waals surface area contributed by atoms with Gasteiger partial charge in [-0.1, -0.05) is 19.9 Å². The van der Waals surface area contributed by atoms with Crippen molar-refractivity contribution in [3.8, 4) is 0 Å². The van der Waals surface area contributed by atoms with Crippen LogP contribution in [0.15, 0.2) is 23.1 Å². The zero-order valence-electron chi connectivity index (χ0n) is 13.5. The quantitative estimate of drug-likeness (QED) is 0.772. The third kappa shape index (κ3) is 4.54. The maximum absolute atomic E-state index is 12.5. The van der Waals surface area contributed by atoms with Gasteiger partial charge in [0.05, 0.1) is 4.90 Å². The fourth-order valence-electron chi connectivity index (χ4n) is 3.18. The number of benzene rings is 1. The molecule has 1 atom stereocenters. The van der Waals surface area contributed by atoms with Crippen molar-refractivity contribution in [2.75, 3.05) is 13.2 Å². The molecular formula is C17H27NO3S. The molecule has 0 heterocycles. The van der Waals surface area contributed by atoms with E-state index in [1.807, 2.05) is 12.1 Å². The Morgan fingerprint density at radius 2 is 1.95 bits per heavy atom. The molecule has 0 aliphatic heterocycles. The van der Waals surface area contributed by atoms with Crippen LogP contribution >= 0.6 is 0 Å². The third-order valence-electron chi connectivity index (χ3n) is 4.28. The minimum atomic E-state index is -3.46. The Kier molecular flexibility index (Phi) is 6.01. The van der Waals surface area contributed by atoms with Gasteiger partial charge in [-0.05, 0) is 67.2 Å². The van der Waals surface area contributed by atoms with Gasteiger partial charge >= 0.3 is 0 Å². The lowest BCUT2D eigenvalue weighted by molar-refractivity contribution is 0.243. The summed E-state index contributed by atoms with van der Waals surface area (Å²) < 4.78 is 27.6. The van der Waals surface area contributed by atoms with Crippen molar-refractivity contribution >= 4 is 10.0 Å². The minimum Gasteiger partial charge on any atom is -0.396 e. The van der Waals surface area contributed by atoms with Crippen LogP contribution in [-0.2, 0) is 22.9 Å². The molecule has 4 nitrogen and oxygen atoms in total. The highest BCUT2D eigenvalue weighted by molar-refractivity contribution is 7.89. The summed E-state index contributed by atoms with van der Waals surface area (Å²) in [4.78, 5) is 0.362. The van der Waals surface area contributed by atoms with Gasteiger partial charge in [-0.15, -0.1) is 0 Å². The summed E-state index contributed by atoms with van der Waals surface area (Å²) in [6.45, 7) is 4.70. The summed E-state index contributed by atoms with van der Waals surface area (Å²) in [5, 5.41) is 9.12. The largest absolute Gasteiger partial charge is 0.396 e. The molecule has 1 aromatic carbocycles. The fraction of sp³-hybridized carbons (Fsp3) is 0.647. The van der Waals surface area contributed by atoms with Crippen LogP contribution in [0.1, 0.15) is 44.2 Å². The molecule has 0 saturated carbocycles. The van der Waals surface area contributed by atoms with Gasteiger partial charge < -0.3 is 5.11 Å². The average molecular weight is 325 g/mol. The van der Waals surface area contributed by atoms with E-state index in [0.717, 1.165) is 31.2 Å². The predicted octanol–water partition coefficient (Wildman–Crippen LogP) is 2.50. The number of rotatable bonds is 8. The minimum absolute atomic E-state index is 0.0952. The molecule has 0 bridgehead atoms. The second-order valence-electron chi connectivity index (χ2n) is 6.64. The monoisotopic (exact) mass is 325 g/mol. The van der Waals surface area contributed by atoms with Gasteiger partial charge in [-0.2, -0.15) is 0 Å². The molecule has 2 rings (SSSR count). The maximum atomic E-state index is 12.5. The van der Waals surface area contributed by atoms with Gasteiger partial charge in [0.15, 0.2) is 0 Å². The van der Waals surface area contributed by atoms with E-state index in [2.05, 4.69) is 18.6 Å². The van der Waals surface area contributed by atoms with Crippen molar-refractivity contribution < 1.29 is 13.5 Å². The Bertz CT molecular complexity index is 596. The van der Waals surface area contributed by atoms with Crippen LogP contribution < -0.4 is 4.72 Å². The van der Waals surface area contributed by atoms with Gasteiger partial charge in [-0.3, -0.25) is 0 Å². The van der Waals surface area contributed by atoms with Crippen molar-refractivity contribution in [3.05, 3.63) is 29.3 Å². The second kappa shape index (κ2) is 7.57. The highest BCUT2D eigenvalue weighted by Gasteiger charge is 2.20. The van der Waals surface area contributed by atoms with E-state index >= 15 is 0 Å². The number of aliphatic hydroxyl groups is 1. The Hall–Kier alpha value is -0.910. The Balaban J connectivity index is 2.03.